The van der Waals surface area contributed by atoms with Crippen LogP contribution in [0.1, 0.15) is 19.3 Å². The van der Waals surface area contributed by atoms with Crippen LogP contribution in [-0.2, 0) is 19.1 Å². The summed E-state index contributed by atoms with van der Waals surface area (Å²) >= 11 is 0. The van der Waals surface area contributed by atoms with Crippen LogP contribution in [0.2, 0.25) is 0 Å². The van der Waals surface area contributed by atoms with Gasteiger partial charge in [-0.15, -0.1) is 0 Å². The zero-order chi connectivity index (χ0) is 13.4. The minimum absolute atomic E-state index is 0.0222. The van der Waals surface area contributed by atoms with E-state index in [1.165, 1.54) is 5.01 Å². The monoisotopic (exact) mass is 258 g/mol. The smallest absolute Gasteiger partial charge is 0.352 e. The van der Waals surface area contributed by atoms with Crippen LogP contribution in [0.5, 0.6) is 0 Å². The topological polar surface area (TPSA) is 88.4 Å². The first-order valence-electron chi connectivity index (χ1n) is 5.83. The van der Waals surface area contributed by atoms with E-state index in [9.17, 15) is 9.59 Å². The summed E-state index contributed by atoms with van der Waals surface area (Å²) in [5.41, 5.74) is 0.0222. The van der Waals surface area contributed by atoms with E-state index >= 15 is 0 Å². The van der Waals surface area contributed by atoms with Gasteiger partial charge in [-0.1, -0.05) is 0 Å². The summed E-state index contributed by atoms with van der Waals surface area (Å²) in [7, 11) is 1.62. The molecular weight excluding hydrogens is 240 g/mol. The van der Waals surface area contributed by atoms with Gasteiger partial charge in [0.2, 0.25) is 5.91 Å². The average molecular weight is 258 g/mol. The molecule has 18 heavy (non-hydrogen) atoms. The molecule has 0 fully saturated rings. The summed E-state index contributed by atoms with van der Waals surface area (Å²) < 4.78 is 10.2. The predicted octanol–water partition coefficient (Wildman–Crippen LogP) is 0.102. The second kappa shape index (κ2) is 7.78. The zero-order valence-corrected chi connectivity index (χ0v) is 10.4. The van der Waals surface area contributed by atoms with Crippen molar-refractivity contribution in [1.82, 2.24) is 5.01 Å². The molecule has 1 amide bonds. The molecule has 0 bridgehead atoms. The van der Waals surface area contributed by atoms with Crippen molar-refractivity contribution in [3.05, 3.63) is 0 Å². The van der Waals surface area contributed by atoms with Gasteiger partial charge in [0.1, 0.15) is 5.71 Å². The van der Waals surface area contributed by atoms with Crippen LogP contribution in [0.25, 0.3) is 0 Å². The molecule has 0 radical (unpaired) electrons. The molecule has 0 unspecified atom stereocenters. The van der Waals surface area contributed by atoms with E-state index in [1.807, 2.05) is 0 Å². The van der Waals surface area contributed by atoms with Gasteiger partial charge >= 0.3 is 5.97 Å². The van der Waals surface area contributed by atoms with Crippen LogP contribution in [0.4, 0.5) is 0 Å². The Hall–Kier alpha value is -1.47. The highest BCUT2D eigenvalue weighted by Gasteiger charge is 2.23. The molecule has 0 aromatic heterocycles. The average Bonchev–Trinajstić information content (AvgIpc) is 2.35. The maximum absolute atomic E-state index is 11.5. The molecule has 0 aliphatic carbocycles. The van der Waals surface area contributed by atoms with E-state index in [4.69, 9.17) is 14.6 Å². The number of carboxylic acids is 1. The third kappa shape index (κ3) is 4.80. The van der Waals surface area contributed by atoms with Crippen LogP contribution < -0.4 is 0 Å². The van der Waals surface area contributed by atoms with E-state index < -0.39 is 5.97 Å². The Labute approximate surface area is 105 Å². The molecule has 0 aromatic rings. The van der Waals surface area contributed by atoms with E-state index in [0.717, 1.165) is 6.42 Å². The summed E-state index contributed by atoms with van der Waals surface area (Å²) in [6.45, 7) is 1.80. The Bertz CT molecular complexity index is 329. The van der Waals surface area contributed by atoms with Crippen molar-refractivity contribution in [1.29, 1.82) is 0 Å². The van der Waals surface area contributed by atoms with Gasteiger partial charge in [0.05, 0.1) is 13.2 Å². The molecule has 102 valence electrons. The van der Waals surface area contributed by atoms with Gasteiger partial charge in [-0.25, -0.2) is 9.80 Å². The number of carbonyl (C=O) groups is 2. The third-order valence-corrected chi connectivity index (χ3v) is 2.44. The lowest BCUT2D eigenvalue weighted by atomic mass is 10.2. The van der Waals surface area contributed by atoms with Gasteiger partial charge < -0.3 is 14.6 Å². The predicted molar refractivity (Wildman–Crippen MR) is 63.3 cm³/mol. The largest absolute Gasteiger partial charge is 0.477 e. The standard InChI is InChI=1S/C11H18N2O5/c1-17-6-2-7-18-8-5-13-10(14)4-3-9(12-13)11(15)16/h2-8H2,1H3,(H,15,16). The molecular formula is C11H18N2O5. The van der Waals surface area contributed by atoms with E-state index in [0.29, 0.717) is 19.8 Å². The number of carboxylic acid groups (broad SMARTS) is 1. The molecule has 0 spiro atoms. The van der Waals surface area contributed by atoms with Crippen LogP contribution in [0.15, 0.2) is 5.10 Å². The lowest BCUT2D eigenvalue weighted by Gasteiger charge is -2.21. The van der Waals surface area contributed by atoms with Gasteiger partial charge in [0, 0.05) is 33.2 Å². The first-order valence-corrected chi connectivity index (χ1v) is 5.83. The number of hydrogen-bond donors (Lipinski definition) is 1. The number of carbonyl (C=O) groups excluding carboxylic acids is 1. The van der Waals surface area contributed by atoms with Gasteiger partial charge in [-0.2, -0.15) is 5.10 Å². The van der Waals surface area contributed by atoms with Crippen LogP contribution in [-0.4, -0.2) is 61.2 Å². The second-order valence-corrected chi connectivity index (χ2v) is 3.83. The summed E-state index contributed by atoms with van der Waals surface area (Å²) in [5.74, 6) is -1.24. The molecule has 0 saturated heterocycles. The van der Waals surface area contributed by atoms with Crippen molar-refractivity contribution in [3.8, 4) is 0 Å². The minimum Gasteiger partial charge on any atom is -0.477 e. The van der Waals surface area contributed by atoms with Crippen molar-refractivity contribution in [2.45, 2.75) is 19.3 Å². The Morgan fingerprint density at radius 3 is 2.83 bits per heavy atom. The third-order valence-electron chi connectivity index (χ3n) is 2.44. The number of methoxy groups -OCH3 is 1. The number of nitrogens with zero attached hydrogens (tertiary/aromatic N) is 2. The van der Waals surface area contributed by atoms with Gasteiger partial charge in [-0.05, 0) is 6.42 Å². The Balaban J connectivity index is 2.29. The summed E-state index contributed by atoms with van der Waals surface area (Å²) in [5, 5.41) is 13.8. The fourth-order valence-electron chi connectivity index (χ4n) is 1.49. The first kappa shape index (κ1) is 14.6. The van der Waals surface area contributed by atoms with Gasteiger partial charge in [0.15, 0.2) is 0 Å². The van der Waals surface area contributed by atoms with Crippen LogP contribution >= 0.6 is 0 Å². The summed E-state index contributed by atoms with van der Waals surface area (Å²) in [6, 6.07) is 0. The fourth-order valence-corrected chi connectivity index (χ4v) is 1.49. The minimum atomic E-state index is -1.08. The molecule has 7 nitrogen and oxygen atoms in total. The van der Waals surface area contributed by atoms with Crippen molar-refractivity contribution in [2.24, 2.45) is 5.10 Å². The lowest BCUT2D eigenvalue weighted by molar-refractivity contribution is -0.133. The number of hydrazone groups is 1. The molecule has 1 N–H and O–H groups in total. The number of amides is 1. The van der Waals surface area contributed by atoms with E-state index in [-0.39, 0.29) is 31.0 Å². The molecule has 0 atom stereocenters. The molecule has 0 saturated carbocycles. The van der Waals surface area contributed by atoms with Crippen molar-refractivity contribution < 1.29 is 24.2 Å². The molecule has 1 aliphatic heterocycles. The Morgan fingerprint density at radius 1 is 1.39 bits per heavy atom. The maximum atomic E-state index is 11.5. The lowest BCUT2D eigenvalue weighted by Crippen LogP contribution is -2.36. The number of rotatable bonds is 8. The van der Waals surface area contributed by atoms with Gasteiger partial charge in [-0.3, -0.25) is 4.79 Å². The maximum Gasteiger partial charge on any atom is 0.352 e. The second-order valence-electron chi connectivity index (χ2n) is 3.83. The number of aliphatic carboxylic acids is 1. The fraction of sp³-hybridized carbons (Fsp3) is 0.727. The van der Waals surface area contributed by atoms with Crippen molar-refractivity contribution in [2.75, 3.05) is 33.5 Å². The van der Waals surface area contributed by atoms with Crippen molar-refractivity contribution in [3.63, 3.8) is 0 Å². The highest BCUT2D eigenvalue weighted by atomic mass is 16.5. The zero-order valence-electron chi connectivity index (χ0n) is 10.4. The normalized spacial score (nSPS) is 15.7. The highest BCUT2D eigenvalue weighted by Crippen LogP contribution is 2.09. The Kier molecular flexibility index (Phi) is 6.31. The van der Waals surface area contributed by atoms with E-state index in [1.54, 1.807) is 7.11 Å². The van der Waals surface area contributed by atoms with Crippen LogP contribution in [0, 0.1) is 0 Å². The molecule has 1 rings (SSSR count). The number of ether oxygens (including phenoxy) is 2. The first-order chi connectivity index (χ1) is 8.65. The summed E-state index contributed by atoms with van der Waals surface area (Å²) in [4.78, 5) is 22.2. The van der Waals surface area contributed by atoms with Crippen molar-refractivity contribution >= 4 is 17.6 Å². The highest BCUT2D eigenvalue weighted by molar-refractivity contribution is 6.36. The van der Waals surface area contributed by atoms with E-state index in [2.05, 4.69) is 5.10 Å². The molecule has 1 aliphatic rings. The van der Waals surface area contributed by atoms with Gasteiger partial charge in [0.25, 0.3) is 0 Å². The summed E-state index contributed by atoms with van der Waals surface area (Å²) in [6.07, 6.45) is 1.17. The molecule has 0 aromatic carbocycles. The number of hydrogen-bond acceptors (Lipinski definition) is 5. The quantitative estimate of drug-likeness (QED) is 0.624. The Morgan fingerprint density at radius 2 is 2.17 bits per heavy atom. The molecule has 7 heteroatoms. The SMILES string of the molecule is COCCCOCCN1N=C(C(=O)O)CCC1=O. The van der Waals surface area contributed by atoms with Crippen LogP contribution in [0.3, 0.4) is 0 Å². The molecule has 1 heterocycles.